The van der Waals surface area contributed by atoms with Crippen molar-refractivity contribution in [1.29, 1.82) is 0 Å². The van der Waals surface area contributed by atoms with E-state index in [0.717, 1.165) is 6.42 Å². The van der Waals surface area contributed by atoms with Gasteiger partial charge < -0.3 is 10.1 Å². The van der Waals surface area contributed by atoms with Crippen molar-refractivity contribution >= 4 is 0 Å². The van der Waals surface area contributed by atoms with Crippen molar-refractivity contribution in [2.45, 2.75) is 58.7 Å². The zero-order valence-corrected chi connectivity index (χ0v) is 11.6. The highest BCUT2D eigenvalue weighted by Gasteiger charge is 2.25. The molecule has 0 radical (unpaired) electrons. The van der Waals surface area contributed by atoms with Crippen LogP contribution in [0.25, 0.3) is 0 Å². The van der Waals surface area contributed by atoms with Crippen LogP contribution in [-0.4, -0.2) is 32.0 Å². The molecule has 5 heteroatoms. The molecule has 0 fully saturated rings. The lowest BCUT2D eigenvalue weighted by molar-refractivity contribution is -0.137. The molecule has 1 unspecified atom stereocenters. The van der Waals surface area contributed by atoms with Gasteiger partial charge in [0, 0.05) is 25.6 Å². The van der Waals surface area contributed by atoms with Crippen molar-refractivity contribution in [2.24, 2.45) is 5.92 Å². The Kier molecular flexibility index (Phi) is 9.46. The fraction of sp³-hybridized carbons (Fsp3) is 1.00. The van der Waals surface area contributed by atoms with Crippen molar-refractivity contribution < 1.29 is 17.9 Å². The molecular formula is C13H26F3NO. The minimum absolute atomic E-state index is 0.0480. The number of halogens is 3. The summed E-state index contributed by atoms with van der Waals surface area (Å²) in [6.45, 7) is 7.86. The van der Waals surface area contributed by atoms with Crippen LogP contribution >= 0.6 is 0 Å². The summed E-state index contributed by atoms with van der Waals surface area (Å²) in [5.41, 5.74) is 0. The molecule has 1 N–H and O–H groups in total. The standard InChI is InChI=1S/C13H26F3NO/c1-11(2)5-6-12(3)17-8-10-18-9-4-7-13(14,15)16/h11-12,17H,4-10H2,1-3H3. The van der Waals surface area contributed by atoms with E-state index in [0.29, 0.717) is 25.1 Å². The molecular weight excluding hydrogens is 243 g/mol. The summed E-state index contributed by atoms with van der Waals surface area (Å²) in [4.78, 5) is 0. The van der Waals surface area contributed by atoms with Crippen LogP contribution < -0.4 is 5.32 Å². The minimum Gasteiger partial charge on any atom is -0.380 e. The SMILES string of the molecule is CC(C)CCC(C)NCCOCCCC(F)(F)F. The van der Waals surface area contributed by atoms with Crippen LogP contribution in [-0.2, 0) is 4.74 Å². The lowest BCUT2D eigenvalue weighted by Crippen LogP contribution is -2.29. The Balaban J connectivity index is 3.25. The second-order valence-electron chi connectivity index (χ2n) is 5.16. The Morgan fingerprint density at radius 1 is 1.06 bits per heavy atom. The van der Waals surface area contributed by atoms with E-state index in [9.17, 15) is 13.2 Å². The minimum atomic E-state index is -4.06. The highest BCUT2D eigenvalue weighted by Crippen LogP contribution is 2.20. The van der Waals surface area contributed by atoms with Crippen molar-refractivity contribution in [1.82, 2.24) is 5.32 Å². The first-order valence-corrected chi connectivity index (χ1v) is 6.69. The van der Waals surface area contributed by atoms with Crippen molar-refractivity contribution in [3.63, 3.8) is 0 Å². The number of hydrogen-bond donors (Lipinski definition) is 1. The Hall–Kier alpha value is -0.290. The van der Waals surface area contributed by atoms with E-state index >= 15 is 0 Å². The van der Waals surface area contributed by atoms with E-state index in [1.165, 1.54) is 6.42 Å². The lowest BCUT2D eigenvalue weighted by Gasteiger charge is -2.15. The van der Waals surface area contributed by atoms with Gasteiger partial charge in [-0.05, 0) is 32.1 Å². The van der Waals surface area contributed by atoms with Gasteiger partial charge in [0.05, 0.1) is 6.61 Å². The van der Waals surface area contributed by atoms with E-state index in [1.54, 1.807) is 0 Å². The van der Waals surface area contributed by atoms with Crippen LogP contribution in [0.3, 0.4) is 0 Å². The summed E-state index contributed by atoms with van der Waals surface area (Å²) in [6, 6.07) is 0.436. The molecule has 18 heavy (non-hydrogen) atoms. The van der Waals surface area contributed by atoms with Gasteiger partial charge in [-0.15, -0.1) is 0 Å². The molecule has 110 valence electrons. The van der Waals surface area contributed by atoms with Crippen molar-refractivity contribution in [3.05, 3.63) is 0 Å². The van der Waals surface area contributed by atoms with Crippen molar-refractivity contribution in [2.75, 3.05) is 19.8 Å². The van der Waals surface area contributed by atoms with Gasteiger partial charge >= 0.3 is 6.18 Å². The Morgan fingerprint density at radius 2 is 1.72 bits per heavy atom. The third-order valence-corrected chi connectivity index (χ3v) is 2.67. The van der Waals surface area contributed by atoms with Gasteiger partial charge in [-0.2, -0.15) is 13.2 Å². The molecule has 0 amide bonds. The average molecular weight is 269 g/mol. The molecule has 0 aliphatic heterocycles. The molecule has 0 rings (SSSR count). The summed E-state index contributed by atoms with van der Waals surface area (Å²) >= 11 is 0. The molecule has 0 aliphatic carbocycles. The van der Waals surface area contributed by atoms with Crippen LogP contribution in [0.5, 0.6) is 0 Å². The number of ether oxygens (including phenoxy) is 1. The first kappa shape index (κ1) is 17.7. The van der Waals surface area contributed by atoms with Crippen molar-refractivity contribution in [3.8, 4) is 0 Å². The predicted octanol–water partition coefficient (Wildman–Crippen LogP) is 3.76. The average Bonchev–Trinajstić information content (AvgIpc) is 2.23. The molecule has 0 spiro atoms. The summed E-state index contributed by atoms with van der Waals surface area (Å²) in [7, 11) is 0. The number of nitrogens with one attached hydrogen (secondary N) is 1. The number of rotatable bonds is 10. The molecule has 0 aromatic heterocycles. The van der Waals surface area contributed by atoms with E-state index < -0.39 is 12.6 Å². The smallest absolute Gasteiger partial charge is 0.380 e. The molecule has 1 atom stereocenters. The monoisotopic (exact) mass is 269 g/mol. The second-order valence-corrected chi connectivity index (χ2v) is 5.16. The fourth-order valence-corrected chi connectivity index (χ4v) is 1.54. The van der Waals surface area contributed by atoms with Crippen LogP contribution in [0.1, 0.15) is 46.5 Å². The summed E-state index contributed by atoms with van der Waals surface area (Å²) in [5.74, 6) is 0.702. The largest absolute Gasteiger partial charge is 0.389 e. The topological polar surface area (TPSA) is 21.3 Å². The fourth-order valence-electron chi connectivity index (χ4n) is 1.54. The van der Waals surface area contributed by atoms with E-state index in [2.05, 4.69) is 26.1 Å². The van der Waals surface area contributed by atoms with E-state index in [-0.39, 0.29) is 13.0 Å². The van der Waals surface area contributed by atoms with Gasteiger partial charge in [0.1, 0.15) is 0 Å². The third-order valence-electron chi connectivity index (χ3n) is 2.67. The normalized spacial score (nSPS) is 14.2. The summed E-state index contributed by atoms with van der Waals surface area (Å²) < 4.78 is 40.6. The van der Waals surface area contributed by atoms with Gasteiger partial charge in [-0.3, -0.25) is 0 Å². The van der Waals surface area contributed by atoms with Gasteiger partial charge in [0.15, 0.2) is 0 Å². The third kappa shape index (κ3) is 13.8. The molecule has 0 aromatic carbocycles. The zero-order chi connectivity index (χ0) is 14.0. The first-order chi connectivity index (χ1) is 8.31. The summed E-state index contributed by atoms with van der Waals surface area (Å²) in [6.07, 6.45) is -2.48. The maximum Gasteiger partial charge on any atom is 0.389 e. The molecule has 0 saturated carbocycles. The highest BCUT2D eigenvalue weighted by molar-refractivity contribution is 4.61. The lowest BCUT2D eigenvalue weighted by atomic mass is 10.0. The van der Waals surface area contributed by atoms with Gasteiger partial charge in [0.2, 0.25) is 0 Å². The van der Waals surface area contributed by atoms with E-state index in [1.807, 2.05) is 0 Å². The van der Waals surface area contributed by atoms with E-state index in [4.69, 9.17) is 4.74 Å². The number of alkyl halides is 3. The van der Waals surface area contributed by atoms with Gasteiger partial charge in [-0.1, -0.05) is 13.8 Å². The Bertz CT molecular complexity index is 195. The highest BCUT2D eigenvalue weighted by atomic mass is 19.4. The van der Waals surface area contributed by atoms with Gasteiger partial charge in [0.25, 0.3) is 0 Å². The van der Waals surface area contributed by atoms with Gasteiger partial charge in [-0.25, -0.2) is 0 Å². The number of hydrogen-bond acceptors (Lipinski definition) is 2. The van der Waals surface area contributed by atoms with Crippen LogP contribution in [0.4, 0.5) is 13.2 Å². The van der Waals surface area contributed by atoms with Crippen LogP contribution in [0.15, 0.2) is 0 Å². The first-order valence-electron chi connectivity index (χ1n) is 6.69. The molecule has 0 saturated heterocycles. The predicted molar refractivity (Wildman–Crippen MR) is 67.6 cm³/mol. The maximum atomic E-state index is 11.8. The van der Waals surface area contributed by atoms with Crippen LogP contribution in [0, 0.1) is 5.92 Å². The molecule has 0 aliphatic rings. The van der Waals surface area contributed by atoms with Crippen LogP contribution in [0.2, 0.25) is 0 Å². The Morgan fingerprint density at radius 3 is 2.28 bits per heavy atom. The maximum absolute atomic E-state index is 11.8. The second kappa shape index (κ2) is 9.62. The summed E-state index contributed by atoms with van der Waals surface area (Å²) in [5, 5.41) is 3.30. The Labute approximate surface area is 108 Å². The molecule has 2 nitrogen and oxygen atoms in total. The molecule has 0 heterocycles. The molecule has 0 bridgehead atoms. The quantitative estimate of drug-likeness (QED) is 0.610. The molecule has 0 aromatic rings. The zero-order valence-electron chi connectivity index (χ0n) is 11.6.